The Morgan fingerprint density at radius 2 is 1.11 bits per heavy atom. The molecule has 1 heterocycles. The second-order valence-electron chi connectivity index (χ2n) is 4.35. The van der Waals surface area contributed by atoms with Crippen molar-refractivity contribution in [3.63, 3.8) is 0 Å². The number of rotatable bonds is 0. The lowest BCUT2D eigenvalue weighted by atomic mass is 10.1. The number of benzene rings is 2. The second-order valence-corrected chi connectivity index (χ2v) is 5.11. The second kappa shape index (κ2) is 4.08. The van der Waals surface area contributed by atoms with E-state index in [1.807, 2.05) is 38.1 Å². The lowest BCUT2D eigenvalue weighted by Crippen LogP contribution is -1.91. The fourth-order valence-corrected chi connectivity index (χ4v) is 2.35. The number of fused-ring (bicyclic) bond motifs is 2. The molecule has 0 fully saturated rings. The van der Waals surface area contributed by atoms with E-state index < -0.39 is 0 Å². The molecule has 0 aliphatic heterocycles. The van der Waals surface area contributed by atoms with Crippen molar-refractivity contribution in [1.29, 1.82) is 0 Å². The summed E-state index contributed by atoms with van der Waals surface area (Å²) < 4.78 is 0. The monoisotopic (exact) mass is 276 g/mol. The molecule has 3 rings (SSSR count). The molecule has 0 bridgehead atoms. The third kappa shape index (κ3) is 1.64. The van der Waals surface area contributed by atoms with Crippen LogP contribution in [0.4, 0.5) is 0 Å². The maximum absolute atomic E-state index is 6.26. The molecule has 2 nitrogen and oxygen atoms in total. The average Bonchev–Trinajstić information content (AvgIpc) is 2.38. The smallest absolute Gasteiger partial charge is 0.108 e. The third-order valence-corrected chi connectivity index (χ3v) is 3.99. The van der Waals surface area contributed by atoms with Crippen LogP contribution in [-0.4, -0.2) is 9.97 Å². The minimum absolute atomic E-state index is 0.651. The number of aryl methyl sites for hydroxylation is 2. The van der Waals surface area contributed by atoms with Crippen molar-refractivity contribution < 1.29 is 0 Å². The molecule has 0 saturated heterocycles. The number of nitrogens with zero attached hydrogens (tertiary/aromatic N) is 2. The van der Waals surface area contributed by atoms with E-state index in [0.29, 0.717) is 10.0 Å². The Bertz CT molecular complexity index is 714. The summed E-state index contributed by atoms with van der Waals surface area (Å²) in [4.78, 5) is 9.12. The maximum Gasteiger partial charge on any atom is 0.108 e. The number of aromatic nitrogens is 2. The zero-order valence-corrected chi connectivity index (χ0v) is 11.5. The molecule has 0 atom stereocenters. The van der Waals surface area contributed by atoms with Crippen LogP contribution in [-0.2, 0) is 0 Å². The Hall–Kier alpha value is -1.38. The topological polar surface area (TPSA) is 25.8 Å². The zero-order chi connectivity index (χ0) is 12.9. The molecule has 0 aliphatic carbocycles. The van der Waals surface area contributed by atoms with E-state index in [2.05, 4.69) is 9.97 Å². The molecule has 4 heteroatoms. The molecule has 0 spiro atoms. The van der Waals surface area contributed by atoms with Gasteiger partial charge in [0, 0.05) is 0 Å². The summed E-state index contributed by atoms with van der Waals surface area (Å²) in [6.07, 6.45) is 0. The number of hydrogen-bond donors (Lipinski definition) is 0. The van der Waals surface area contributed by atoms with E-state index >= 15 is 0 Å². The molecule has 3 aromatic rings. The van der Waals surface area contributed by atoms with Crippen molar-refractivity contribution in [2.75, 3.05) is 0 Å². The van der Waals surface area contributed by atoms with Gasteiger partial charge in [-0.15, -0.1) is 0 Å². The fraction of sp³-hybridized carbons (Fsp3) is 0.143. The summed E-state index contributed by atoms with van der Waals surface area (Å²) in [5.41, 5.74) is 4.98. The molecule has 0 N–H and O–H groups in total. The van der Waals surface area contributed by atoms with Crippen molar-refractivity contribution >= 4 is 45.3 Å². The van der Waals surface area contributed by atoms with Crippen molar-refractivity contribution in [2.45, 2.75) is 13.8 Å². The van der Waals surface area contributed by atoms with Crippen LogP contribution in [0.1, 0.15) is 11.1 Å². The van der Waals surface area contributed by atoms with Crippen LogP contribution in [0.15, 0.2) is 24.3 Å². The van der Waals surface area contributed by atoms with E-state index in [1.54, 1.807) is 0 Å². The minimum Gasteiger partial charge on any atom is -0.243 e. The highest BCUT2D eigenvalue weighted by atomic mass is 35.5. The number of hydrogen-bond acceptors (Lipinski definition) is 2. The van der Waals surface area contributed by atoms with Crippen LogP contribution < -0.4 is 0 Å². The molecule has 0 radical (unpaired) electrons. The van der Waals surface area contributed by atoms with Crippen LogP contribution >= 0.6 is 23.2 Å². The average molecular weight is 277 g/mol. The standard InChI is InChI=1S/C14H10Cl2N2/c1-7-3-5-9-13(11(7)15)17-10-6-4-8(2)12(16)14(10)18-9/h3-6H,1-2H3. The van der Waals surface area contributed by atoms with Gasteiger partial charge in [-0.05, 0) is 37.1 Å². The van der Waals surface area contributed by atoms with Crippen LogP contribution in [0, 0.1) is 13.8 Å². The van der Waals surface area contributed by atoms with E-state index in [-0.39, 0.29) is 0 Å². The van der Waals surface area contributed by atoms with Gasteiger partial charge in [0.15, 0.2) is 0 Å². The van der Waals surface area contributed by atoms with Gasteiger partial charge in [0.05, 0.1) is 21.1 Å². The van der Waals surface area contributed by atoms with Crippen molar-refractivity contribution in [3.05, 3.63) is 45.4 Å². The van der Waals surface area contributed by atoms with Gasteiger partial charge in [-0.1, -0.05) is 35.3 Å². The quantitative estimate of drug-likeness (QED) is 0.556. The van der Waals surface area contributed by atoms with E-state index in [9.17, 15) is 0 Å². The first-order valence-electron chi connectivity index (χ1n) is 5.59. The predicted octanol–water partition coefficient (Wildman–Crippen LogP) is 4.71. The molecule has 1 aromatic heterocycles. The van der Waals surface area contributed by atoms with E-state index in [4.69, 9.17) is 23.2 Å². The van der Waals surface area contributed by atoms with Crippen molar-refractivity contribution in [2.24, 2.45) is 0 Å². The maximum atomic E-state index is 6.26. The fourth-order valence-electron chi connectivity index (χ4n) is 1.94. The molecule has 0 amide bonds. The van der Waals surface area contributed by atoms with Crippen LogP contribution in [0.25, 0.3) is 22.1 Å². The molecule has 0 saturated carbocycles. The normalized spacial score (nSPS) is 11.3. The van der Waals surface area contributed by atoms with Gasteiger partial charge in [-0.2, -0.15) is 0 Å². The van der Waals surface area contributed by atoms with Crippen molar-refractivity contribution in [3.8, 4) is 0 Å². The van der Waals surface area contributed by atoms with Gasteiger partial charge in [-0.25, -0.2) is 9.97 Å². The summed E-state index contributed by atoms with van der Waals surface area (Å²) in [7, 11) is 0. The molecule has 2 aromatic carbocycles. The third-order valence-electron chi connectivity index (χ3n) is 3.04. The molecular formula is C14H10Cl2N2. The van der Waals surface area contributed by atoms with Gasteiger partial charge < -0.3 is 0 Å². The molecule has 90 valence electrons. The highest BCUT2D eigenvalue weighted by molar-refractivity contribution is 6.37. The van der Waals surface area contributed by atoms with Gasteiger partial charge in [0.2, 0.25) is 0 Å². The Kier molecular flexibility index (Phi) is 2.65. The molecule has 0 aliphatic rings. The summed E-state index contributed by atoms with van der Waals surface area (Å²) >= 11 is 12.5. The first kappa shape index (κ1) is 11.7. The Morgan fingerprint density at radius 3 is 1.50 bits per heavy atom. The minimum atomic E-state index is 0.651. The summed E-state index contributed by atoms with van der Waals surface area (Å²) in [5.74, 6) is 0. The van der Waals surface area contributed by atoms with Crippen molar-refractivity contribution in [1.82, 2.24) is 9.97 Å². The Balaban J connectivity index is 2.51. The Morgan fingerprint density at radius 1 is 0.722 bits per heavy atom. The van der Waals surface area contributed by atoms with Gasteiger partial charge in [-0.3, -0.25) is 0 Å². The largest absolute Gasteiger partial charge is 0.243 e. The Labute approximate surface area is 115 Å². The van der Waals surface area contributed by atoms with Gasteiger partial charge >= 0.3 is 0 Å². The van der Waals surface area contributed by atoms with Gasteiger partial charge in [0.25, 0.3) is 0 Å². The van der Waals surface area contributed by atoms with Crippen LogP contribution in [0.5, 0.6) is 0 Å². The highest BCUT2D eigenvalue weighted by Gasteiger charge is 2.10. The van der Waals surface area contributed by atoms with E-state index in [0.717, 1.165) is 33.2 Å². The zero-order valence-electron chi connectivity index (χ0n) is 9.96. The van der Waals surface area contributed by atoms with Crippen LogP contribution in [0.2, 0.25) is 10.0 Å². The lowest BCUT2D eigenvalue weighted by molar-refractivity contribution is 1.35. The van der Waals surface area contributed by atoms with Crippen LogP contribution in [0.3, 0.4) is 0 Å². The summed E-state index contributed by atoms with van der Waals surface area (Å²) in [6, 6.07) is 7.72. The molecule has 0 unspecified atom stereocenters. The predicted molar refractivity (Wildman–Crippen MR) is 76.5 cm³/mol. The molecular weight excluding hydrogens is 267 g/mol. The van der Waals surface area contributed by atoms with E-state index in [1.165, 1.54) is 0 Å². The molecule has 18 heavy (non-hydrogen) atoms. The summed E-state index contributed by atoms with van der Waals surface area (Å²) in [6.45, 7) is 3.91. The summed E-state index contributed by atoms with van der Waals surface area (Å²) in [5, 5.41) is 1.30. The SMILES string of the molecule is Cc1ccc2nc3c(Cl)c(C)ccc3nc2c1Cl. The van der Waals surface area contributed by atoms with Gasteiger partial charge in [0.1, 0.15) is 11.0 Å². The first-order valence-corrected chi connectivity index (χ1v) is 6.35. The highest BCUT2D eigenvalue weighted by Crippen LogP contribution is 2.29. The number of halogens is 2. The first-order chi connectivity index (χ1) is 8.58. The lowest BCUT2D eigenvalue weighted by Gasteiger charge is -2.07.